The number of anilines is 2. The van der Waals surface area contributed by atoms with Gasteiger partial charge in [0.2, 0.25) is 11.7 Å². The number of nitrogens with one attached hydrogen (secondary N) is 2. The third-order valence-corrected chi connectivity index (χ3v) is 3.78. The van der Waals surface area contributed by atoms with E-state index in [0.717, 1.165) is 16.9 Å². The van der Waals surface area contributed by atoms with Crippen LogP contribution in [-0.2, 0) is 9.53 Å². The summed E-state index contributed by atoms with van der Waals surface area (Å²) in [6, 6.07) is 15.0. The van der Waals surface area contributed by atoms with E-state index in [-0.39, 0.29) is 5.78 Å². The number of carbonyl (C=O) groups excluding carboxylic acids is 1. The summed E-state index contributed by atoms with van der Waals surface area (Å²) in [5.41, 5.74) is 2.99. The molecule has 0 aliphatic carbocycles. The Hall–Kier alpha value is -2.95. The highest BCUT2D eigenvalue weighted by Gasteiger charge is 2.39. The number of ketones is 1. The largest absolute Gasteiger partial charge is 0.497 e. The summed E-state index contributed by atoms with van der Waals surface area (Å²) in [4.78, 5) is 12.6. The Morgan fingerprint density at radius 1 is 1.05 bits per heavy atom. The molecular weight excluding hydrogens is 280 g/mol. The predicted octanol–water partition coefficient (Wildman–Crippen LogP) is 3.04. The van der Waals surface area contributed by atoms with Gasteiger partial charge in [-0.15, -0.1) is 0 Å². The third kappa shape index (κ3) is 1.90. The van der Waals surface area contributed by atoms with Crippen molar-refractivity contribution in [3.63, 3.8) is 0 Å². The van der Waals surface area contributed by atoms with E-state index in [0.29, 0.717) is 17.3 Å². The van der Waals surface area contributed by atoms with Crippen LogP contribution in [0.1, 0.15) is 11.7 Å². The maximum Gasteiger partial charge on any atom is 0.229 e. The van der Waals surface area contributed by atoms with Crippen molar-refractivity contribution in [2.24, 2.45) is 0 Å². The zero-order chi connectivity index (χ0) is 15.1. The molecule has 0 saturated heterocycles. The van der Waals surface area contributed by atoms with Crippen molar-refractivity contribution in [3.8, 4) is 5.75 Å². The molecule has 5 heteroatoms. The van der Waals surface area contributed by atoms with Gasteiger partial charge >= 0.3 is 0 Å². The van der Waals surface area contributed by atoms with Crippen LogP contribution in [0, 0.1) is 0 Å². The number of ether oxygens (including phenoxy) is 2. The third-order valence-electron chi connectivity index (χ3n) is 3.78. The number of rotatable bonds is 2. The quantitative estimate of drug-likeness (QED) is 0.891. The Balaban J connectivity index is 1.65. The Morgan fingerprint density at radius 3 is 2.59 bits per heavy atom. The number of carbonyl (C=O) groups is 1. The van der Waals surface area contributed by atoms with Crippen molar-refractivity contribution in [2.45, 2.75) is 6.10 Å². The van der Waals surface area contributed by atoms with Gasteiger partial charge in [0.05, 0.1) is 18.5 Å². The van der Waals surface area contributed by atoms with Crippen molar-refractivity contribution in [2.75, 3.05) is 17.7 Å². The highest BCUT2D eigenvalue weighted by Crippen LogP contribution is 2.39. The van der Waals surface area contributed by atoms with Crippen LogP contribution in [0.5, 0.6) is 5.75 Å². The molecule has 2 N–H and O–H groups in total. The lowest BCUT2D eigenvalue weighted by atomic mass is 10.0. The molecule has 2 aliphatic heterocycles. The lowest BCUT2D eigenvalue weighted by molar-refractivity contribution is -0.121. The van der Waals surface area contributed by atoms with Gasteiger partial charge in [-0.05, 0) is 24.3 Å². The summed E-state index contributed by atoms with van der Waals surface area (Å²) in [7, 11) is 1.60. The lowest BCUT2D eigenvalue weighted by Gasteiger charge is -2.19. The van der Waals surface area contributed by atoms with E-state index in [9.17, 15) is 4.79 Å². The molecule has 0 aromatic heterocycles. The Kier molecular flexibility index (Phi) is 2.79. The Morgan fingerprint density at radius 2 is 1.82 bits per heavy atom. The van der Waals surface area contributed by atoms with Crippen LogP contribution in [0.3, 0.4) is 0 Å². The molecule has 2 aliphatic rings. The summed E-state index contributed by atoms with van der Waals surface area (Å²) < 4.78 is 11.0. The van der Waals surface area contributed by atoms with E-state index < -0.39 is 6.10 Å². The zero-order valence-electron chi connectivity index (χ0n) is 11.9. The molecule has 2 aromatic carbocycles. The monoisotopic (exact) mass is 294 g/mol. The van der Waals surface area contributed by atoms with Gasteiger partial charge < -0.3 is 20.1 Å². The standard InChI is InChI=1S/C17H14N2O3/c1-21-11-6-4-5-10(9-11)16-15(20)14-17(22-16)19-13-8-3-2-7-12(13)18-14/h2-9,16,18-19H,1H3. The predicted molar refractivity (Wildman–Crippen MR) is 82.5 cm³/mol. The fourth-order valence-electron chi connectivity index (χ4n) is 2.67. The number of hydrogen-bond acceptors (Lipinski definition) is 5. The number of hydrogen-bond donors (Lipinski definition) is 2. The first-order chi connectivity index (χ1) is 10.8. The van der Waals surface area contributed by atoms with Gasteiger partial charge in [-0.25, -0.2) is 0 Å². The van der Waals surface area contributed by atoms with Gasteiger partial charge in [-0.2, -0.15) is 0 Å². The number of benzene rings is 2. The van der Waals surface area contributed by atoms with Crippen molar-refractivity contribution in [1.82, 2.24) is 0 Å². The highest BCUT2D eigenvalue weighted by molar-refractivity contribution is 6.06. The van der Waals surface area contributed by atoms with Crippen molar-refractivity contribution in [1.29, 1.82) is 0 Å². The van der Waals surface area contributed by atoms with Crippen LogP contribution in [0.2, 0.25) is 0 Å². The smallest absolute Gasteiger partial charge is 0.229 e. The van der Waals surface area contributed by atoms with E-state index in [1.165, 1.54) is 0 Å². The topological polar surface area (TPSA) is 59.6 Å². The molecule has 5 nitrogen and oxygen atoms in total. The molecule has 22 heavy (non-hydrogen) atoms. The number of methoxy groups -OCH3 is 1. The molecule has 0 bridgehead atoms. The average Bonchev–Trinajstić information content (AvgIpc) is 2.89. The van der Waals surface area contributed by atoms with Crippen LogP contribution in [0.15, 0.2) is 60.1 Å². The summed E-state index contributed by atoms with van der Waals surface area (Å²) >= 11 is 0. The second kappa shape index (κ2) is 4.80. The molecule has 0 fully saturated rings. The van der Waals surface area contributed by atoms with E-state index in [1.807, 2.05) is 48.5 Å². The molecule has 0 radical (unpaired) electrons. The Labute approximate surface area is 127 Å². The van der Waals surface area contributed by atoms with Crippen LogP contribution in [0.25, 0.3) is 0 Å². The minimum atomic E-state index is -0.658. The van der Waals surface area contributed by atoms with Gasteiger partial charge in [-0.1, -0.05) is 24.3 Å². The molecule has 2 heterocycles. The van der Waals surface area contributed by atoms with Crippen LogP contribution in [0.4, 0.5) is 11.4 Å². The van der Waals surface area contributed by atoms with Crippen LogP contribution < -0.4 is 15.4 Å². The Bertz CT molecular complexity index is 798. The molecule has 0 spiro atoms. The van der Waals surface area contributed by atoms with Crippen molar-refractivity contribution >= 4 is 17.2 Å². The minimum Gasteiger partial charge on any atom is -0.497 e. The normalized spacial score (nSPS) is 18.8. The summed E-state index contributed by atoms with van der Waals surface area (Å²) in [6.07, 6.45) is -0.658. The first-order valence-electron chi connectivity index (χ1n) is 6.98. The van der Waals surface area contributed by atoms with Gasteiger partial charge in [0.1, 0.15) is 11.4 Å². The van der Waals surface area contributed by atoms with Crippen molar-refractivity contribution in [3.05, 3.63) is 65.7 Å². The number of para-hydroxylation sites is 2. The van der Waals surface area contributed by atoms with Gasteiger partial charge in [0, 0.05) is 5.56 Å². The van der Waals surface area contributed by atoms with Crippen molar-refractivity contribution < 1.29 is 14.3 Å². The van der Waals surface area contributed by atoms with Crippen LogP contribution in [-0.4, -0.2) is 12.9 Å². The van der Waals surface area contributed by atoms with E-state index in [2.05, 4.69) is 10.6 Å². The first kappa shape index (κ1) is 12.8. The second-order valence-corrected chi connectivity index (χ2v) is 5.14. The molecule has 4 rings (SSSR count). The molecule has 2 aromatic rings. The van der Waals surface area contributed by atoms with Crippen LogP contribution >= 0.6 is 0 Å². The minimum absolute atomic E-state index is 0.0924. The number of fused-ring (bicyclic) bond motifs is 1. The lowest BCUT2D eigenvalue weighted by Crippen LogP contribution is -2.17. The van der Waals surface area contributed by atoms with Gasteiger partial charge in [0.15, 0.2) is 6.10 Å². The molecule has 0 amide bonds. The molecule has 1 atom stereocenters. The fourth-order valence-corrected chi connectivity index (χ4v) is 2.67. The maximum absolute atomic E-state index is 12.6. The highest BCUT2D eigenvalue weighted by atomic mass is 16.5. The van der Waals surface area contributed by atoms with E-state index in [1.54, 1.807) is 7.11 Å². The molecular formula is C17H14N2O3. The van der Waals surface area contributed by atoms with Gasteiger partial charge in [-0.3, -0.25) is 4.79 Å². The first-order valence-corrected chi connectivity index (χ1v) is 6.98. The summed E-state index contributed by atoms with van der Waals surface area (Å²) in [6.45, 7) is 0. The molecule has 0 saturated carbocycles. The maximum atomic E-state index is 12.6. The summed E-state index contributed by atoms with van der Waals surface area (Å²) in [5, 5.41) is 6.31. The summed E-state index contributed by atoms with van der Waals surface area (Å²) in [5.74, 6) is 1.07. The molecule has 110 valence electrons. The fraction of sp³-hybridized carbons (Fsp3) is 0.118. The van der Waals surface area contributed by atoms with Gasteiger partial charge in [0.25, 0.3) is 0 Å². The van der Waals surface area contributed by atoms with E-state index in [4.69, 9.17) is 9.47 Å². The molecule has 1 unspecified atom stereocenters. The SMILES string of the molecule is COc1cccc(C2OC3=C(Nc4ccccc4N3)C2=O)c1. The average molecular weight is 294 g/mol. The second-order valence-electron chi connectivity index (χ2n) is 5.14. The zero-order valence-corrected chi connectivity index (χ0v) is 11.9. The number of Topliss-reactive ketones (excluding diaryl/α,β-unsaturated/α-hetero) is 1. The van der Waals surface area contributed by atoms with E-state index >= 15 is 0 Å².